The van der Waals surface area contributed by atoms with Crippen molar-refractivity contribution in [3.05, 3.63) is 64.7 Å². The highest BCUT2D eigenvalue weighted by Gasteiger charge is 2.18. The Hall–Kier alpha value is -3.43. The maximum atomic E-state index is 13.6. The number of carbonyl (C=O) groups is 1. The van der Waals surface area contributed by atoms with E-state index in [-0.39, 0.29) is 13.1 Å². The molecular weight excluding hydrogens is 373 g/mol. The number of nitrogens with zero attached hydrogens (tertiary/aromatic N) is 4. The maximum absolute atomic E-state index is 13.6. The van der Waals surface area contributed by atoms with Crippen LogP contribution in [0.5, 0.6) is 0 Å². The van der Waals surface area contributed by atoms with Crippen molar-refractivity contribution in [1.29, 1.82) is 0 Å². The zero-order valence-electron chi connectivity index (χ0n) is 15.1. The first-order chi connectivity index (χ1) is 13.4. The summed E-state index contributed by atoms with van der Waals surface area (Å²) in [6.45, 7) is 4.17. The van der Waals surface area contributed by atoms with Crippen molar-refractivity contribution in [2.45, 2.75) is 13.8 Å². The molecule has 0 spiro atoms. The topological polar surface area (TPSA) is 84.7 Å². The van der Waals surface area contributed by atoms with Crippen molar-refractivity contribution in [3.63, 3.8) is 0 Å². The van der Waals surface area contributed by atoms with Crippen LogP contribution in [0, 0.1) is 31.3 Å². The van der Waals surface area contributed by atoms with E-state index in [2.05, 4.69) is 25.9 Å². The third-order valence-corrected chi connectivity index (χ3v) is 3.87. The number of nitrogens with one attached hydrogen (secondary N) is 2. The van der Waals surface area contributed by atoms with Crippen molar-refractivity contribution >= 4 is 11.7 Å². The van der Waals surface area contributed by atoms with Gasteiger partial charge in [-0.15, -0.1) is 10.2 Å². The first-order valence-electron chi connectivity index (χ1n) is 8.39. The van der Waals surface area contributed by atoms with Crippen LogP contribution in [0.15, 0.2) is 30.3 Å². The predicted octanol–water partition coefficient (Wildman–Crippen LogP) is 2.54. The maximum Gasteiger partial charge on any atom is 0.254 e. The van der Waals surface area contributed by atoms with E-state index in [0.717, 1.165) is 17.5 Å². The Bertz CT molecular complexity index is 1000. The third-order valence-electron chi connectivity index (χ3n) is 3.87. The Morgan fingerprint density at radius 1 is 1.04 bits per heavy atom. The molecule has 0 radical (unpaired) electrons. The van der Waals surface area contributed by atoms with Crippen LogP contribution >= 0.6 is 0 Å². The molecule has 0 aliphatic rings. The number of aromatic nitrogens is 4. The summed E-state index contributed by atoms with van der Waals surface area (Å²) in [5.74, 6) is -4.35. The lowest BCUT2D eigenvalue weighted by molar-refractivity contribution is 0.0950. The van der Waals surface area contributed by atoms with Gasteiger partial charge in [0.25, 0.3) is 5.91 Å². The van der Waals surface area contributed by atoms with Gasteiger partial charge in [-0.2, -0.15) is 5.10 Å². The lowest BCUT2D eigenvalue weighted by Gasteiger charge is -2.09. The monoisotopic (exact) mass is 390 g/mol. The summed E-state index contributed by atoms with van der Waals surface area (Å²) in [5.41, 5.74) is 1.24. The van der Waals surface area contributed by atoms with Crippen LogP contribution in [-0.2, 0) is 0 Å². The number of aryl methyl sites for hydroxylation is 2. The Morgan fingerprint density at radius 3 is 2.46 bits per heavy atom. The molecule has 1 amide bonds. The molecule has 3 aromatic rings. The SMILES string of the molecule is Cc1cc(C)n(-c2ccc(NCCNC(=O)c3ccc(F)c(F)c3F)nn2)n1. The second kappa shape index (κ2) is 8.07. The molecule has 0 atom stereocenters. The molecule has 7 nitrogen and oxygen atoms in total. The van der Waals surface area contributed by atoms with Crippen molar-refractivity contribution in [3.8, 4) is 5.82 Å². The van der Waals surface area contributed by atoms with Crippen molar-refractivity contribution < 1.29 is 18.0 Å². The van der Waals surface area contributed by atoms with Gasteiger partial charge in [0.15, 0.2) is 23.3 Å². The normalized spacial score (nSPS) is 10.8. The first kappa shape index (κ1) is 19.3. The molecule has 0 saturated carbocycles. The van der Waals surface area contributed by atoms with Gasteiger partial charge in [0.2, 0.25) is 0 Å². The lowest BCUT2D eigenvalue weighted by Crippen LogP contribution is -2.30. The van der Waals surface area contributed by atoms with Gasteiger partial charge >= 0.3 is 0 Å². The summed E-state index contributed by atoms with van der Waals surface area (Å²) in [4.78, 5) is 11.9. The minimum absolute atomic E-state index is 0.109. The largest absolute Gasteiger partial charge is 0.367 e. The van der Waals surface area contributed by atoms with E-state index in [4.69, 9.17) is 0 Å². The van der Waals surface area contributed by atoms with Crippen molar-refractivity contribution in [1.82, 2.24) is 25.3 Å². The van der Waals surface area contributed by atoms with E-state index in [1.807, 2.05) is 19.9 Å². The molecule has 0 saturated heterocycles. The van der Waals surface area contributed by atoms with Gasteiger partial charge in [-0.1, -0.05) is 0 Å². The van der Waals surface area contributed by atoms with Crippen molar-refractivity contribution in [2.75, 3.05) is 18.4 Å². The number of halogens is 3. The highest BCUT2D eigenvalue weighted by molar-refractivity contribution is 5.94. The molecular formula is C18H17F3N6O. The van der Waals surface area contributed by atoms with Gasteiger partial charge < -0.3 is 10.6 Å². The van der Waals surface area contributed by atoms with E-state index in [0.29, 0.717) is 17.7 Å². The van der Waals surface area contributed by atoms with Gasteiger partial charge in [-0.3, -0.25) is 4.79 Å². The summed E-state index contributed by atoms with van der Waals surface area (Å²) in [6, 6.07) is 6.96. The minimum Gasteiger partial charge on any atom is -0.367 e. The summed E-state index contributed by atoms with van der Waals surface area (Å²) < 4.78 is 41.3. The Kier molecular flexibility index (Phi) is 5.57. The zero-order chi connectivity index (χ0) is 20.3. The van der Waals surface area contributed by atoms with Crippen LogP contribution in [0.1, 0.15) is 21.7 Å². The van der Waals surface area contributed by atoms with E-state index in [1.54, 1.807) is 16.8 Å². The molecule has 2 N–H and O–H groups in total. The number of anilines is 1. The minimum atomic E-state index is -1.68. The summed E-state index contributed by atoms with van der Waals surface area (Å²) >= 11 is 0. The molecule has 3 rings (SSSR count). The average Bonchev–Trinajstić information content (AvgIpc) is 3.02. The summed E-state index contributed by atoms with van der Waals surface area (Å²) in [5, 5.41) is 17.8. The van der Waals surface area contributed by atoms with Crippen LogP contribution in [0.2, 0.25) is 0 Å². The lowest BCUT2D eigenvalue weighted by atomic mass is 10.2. The molecule has 0 aliphatic carbocycles. The molecule has 0 bridgehead atoms. The standard InChI is InChI=1S/C18H17F3N6O/c1-10-9-11(2)27(26-10)15-6-5-14(24-25-15)22-7-8-23-18(28)12-3-4-13(19)17(21)16(12)20/h3-6,9H,7-8H2,1-2H3,(H,22,24)(H,23,28). The van der Waals surface area contributed by atoms with Crippen LogP contribution in [0.25, 0.3) is 5.82 Å². The summed E-state index contributed by atoms with van der Waals surface area (Å²) in [7, 11) is 0. The van der Waals surface area contributed by atoms with E-state index in [9.17, 15) is 18.0 Å². The Morgan fingerprint density at radius 2 is 1.82 bits per heavy atom. The van der Waals surface area contributed by atoms with Crippen LogP contribution in [0.3, 0.4) is 0 Å². The molecule has 0 aliphatic heterocycles. The van der Waals surface area contributed by atoms with Crippen molar-refractivity contribution in [2.24, 2.45) is 0 Å². The number of amides is 1. The van der Waals surface area contributed by atoms with Gasteiger partial charge in [-0.25, -0.2) is 17.9 Å². The molecule has 2 aromatic heterocycles. The number of benzene rings is 1. The van der Waals surface area contributed by atoms with Gasteiger partial charge in [0, 0.05) is 18.8 Å². The molecule has 10 heteroatoms. The zero-order valence-corrected chi connectivity index (χ0v) is 15.1. The summed E-state index contributed by atoms with van der Waals surface area (Å²) in [6.07, 6.45) is 0. The Balaban J connectivity index is 1.52. The Labute approximate surface area is 158 Å². The quantitative estimate of drug-likeness (QED) is 0.499. The molecule has 28 heavy (non-hydrogen) atoms. The molecule has 0 unspecified atom stereocenters. The van der Waals surface area contributed by atoms with Gasteiger partial charge in [0.05, 0.1) is 11.3 Å². The van der Waals surface area contributed by atoms with Crippen LogP contribution in [-0.4, -0.2) is 39.0 Å². The number of carbonyl (C=O) groups excluding carboxylic acids is 1. The van der Waals surface area contributed by atoms with Crippen LogP contribution in [0.4, 0.5) is 19.0 Å². The van der Waals surface area contributed by atoms with E-state index in [1.165, 1.54) is 0 Å². The van der Waals surface area contributed by atoms with E-state index >= 15 is 0 Å². The molecule has 146 valence electrons. The average molecular weight is 390 g/mol. The molecule has 2 heterocycles. The fraction of sp³-hybridized carbons (Fsp3) is 0.222. The van der Waals surface area contributed by atoms with Gasteiger partial charge in [0.1, 0.15) is 5.82 Å². The number of rotatable bonds is 6. The second-order valence-corrected chi connectivity index (χ2v) is 6.02. The van der Waals surface area contributed by atoms with E-state index < -0.39 is 28.9 Å². The van der Waals surface area contributed by atoms with Gasteiger partial charge in [-0.05, 0) is 44.2 Å². The third kappa shape index (κ3) is 4.11. The first-order valence-corrected chi connectivity index (χ1v) is 8.39. The number of hydrogen-bond acceptors (Lipinski definition) is 5. The smallest absolute Gasteiger partial charge is 0.254 e. The fourth-order valence-corrected chi connectivity index (χ4v) is 2.56. The number of hydrogen-bond donors (Lipinski definition) is 2. The highest BCUT2D eigenvalue weighted by Crippen LogP contribution is 2.15. The second-order valence-electron chi connectivity index (χ2n) is 6.02. The molecule has 0 fully saturated rings. The highest BCUT2D eigenvalue weighted by atomic mass is 19.2. The predicted molar refractivity (Wildman–Crippen MR) is 95.8 cm³/mol. The molecule has 1 aromatic carbocycles. The fourth-order valence-electron chi connectivity index (χ4n) is 2.56. The van der Waals surface area contributed by atoms with Crippen LogP contribution < -0.4 is 10.6 Å².